The van der Waals surface area contributed by atoms with Crippen molar-refractivity contribution in [3.05, 3.63) is 35.4 Å². The third-order valence-electron chi connectivity index (χ3n) is 4.83. The zero-order valence-corrected chi connectivity index (χ0v) is 12.1. The first kappa shape index (κ1) is 13.6. The zero-order valence-electron chi connectivity index (χ0n) is 12.1. The van der Waals surface area contributed by atoms with Crippen LogP contribution in [-0.2, 0) is 20.7 Å². The summed E-state index contributed by atoms with van der Waals surface area (Å²) < 4.78 is 11.2. The van der Waals surface area contributed by atoms with Crippen LogP contribution in [-0.4, -0.2) is 19.7 Å². The topological polar surface area (TPSA) is 35.5 Å². The van der Waals surface area contributed by atoms with Gasteiger partial charge < -0.3 is 9.47 Å². The van der Waals surface area contributed by atoms with Crippen molar-refractivity contribution in [3.8, 4) is 0 Å². The number of carbonyl (C=O) groups is 1. The van der Waals surface area contributed by atoms with Crippen molar-refractivity contribution in [1.29, 1.82) is 0 Å². The summed E-state index contributed by atoms with van der Waals surface area (Å²) in [5, 5.41) is 0. The Kier molecular flexibility index (Phi) is 3.79. The third kappa shape index (κ3) is 2.14. The standard InChI is InChI=1S/C17H22O3/c1-19-16(18)17(10-5-2-6-11-17)15-14-8-4-3-7-13(14)9-12-20-15/h3-4,7-8,15H,2,5-6,9-12H2,1H3/t15-/m1/s1. The maximum atomic E-state index is 12.5. The first-order chi connectivity index (χ1) is 9.78. The smallest absolute Gasteiger partial charge is 0.314 e. The quantitative estimate of drug-likeness (QED) is 0.775. The molecule has 1 fully saturated rings. The lowest BCUT2D eigenvalue weighted by molar-refractivity contribution is -0.170. The molecule has 3 rings (SSSR count). The Balaban J connectivity index is 2.02. The van der Waals surface area contributed by atoms with Gasteiger partial charge in [-0.25, -0.2) is 0 Å². The predicted molar refractivity (Wildman–Crippen MR) is 76.4 cm³/mol. The molecular weight excluding hydrogens is 252 g/mol. The van der Waals surface area contributed by atoms with E-state index in [0.29, 0.717) is 6.61 Å². The minimum Gasteiger partial charge on any atom is -0.469 e. The van der Waals surface area contributed by atoms with E-state index < -0.39 is 5.41 Å². The lowest BCUT2D eigenvalue weighted by atomic mass is 9.67. The van der Waals surface area contributed by atoms with Crippen molar-refractivity contribution in [2.45, 2.75) is 44.6 Å². The summed E-state index contributed by atoms with van der Waals surface area (Å²) in [6, 6.07) is 8.36. The fourth-order valence-corrected chi connectivity index (χ4v) is 3.81. The Hall–Kier alpha value is -1.35. The highest BCUT2D eigenvalue weighted by atomic mass is 16.5. The summed E-state index contributed by atoms with van der Waals surface area (Å²) >= 11 is 0. The van der Waals surface area contributed by atoms with Crippen LogP contribution in [0.15, 0.2) is 24.3 Å². The summed E-state index contributed by atoms with van der Waals surface area (Å²) in [6.45, 7) is 0.695. The van der Waals surface area contributed by atoms with Crippen molar-refractivity contribution in [1.82, 2.24) is 0 Å². The van der Waals surface area contributed by atoms with E-state index in [1.165, 1.54) is 24.7 Å². The maximum absolute atomic E-state index is 12.5. The molecule has 1 atom stereocenters. The molecule has 1 aliphatic carbocycles. The SMILES string of the molecule is COC(=O)C1([C@@H]2OCCc3ccccc32)CCCCC1. The molecule has 0 unspecified atom stereocenters. The fourth-order valence-electron chi connectivity index (χ4n) is 3.81. The maximum Gasteiger partial charge on any atom is 0.314 e. The molecule has 1 aliphatic heterocycles. The Labute approximate surface area is 120 Å². The van der Waals surface area contributed by atoms with Crippen LogP contribution in [0.3, 0.4) is 0 Å². The first-order valence-electron chi connectivity index (χ1n) is 7.56. The number of carbonyl (C=O) groups excluding carboxylic acids is 1. The second-order valence-corrected chi connectivity index (χ2v) is 5.91. The molecule has 1 aromatic rings. The van der Waals surface area contributed by atoms with Gasteiger partial charge in [-0.2, -0.15) is 0 Å². The van der Waals surface area contributed by atoms with Gasteiger partial charge in [0, 0.05) is 0 Å². The molecule has 0 amide bonds. The van der Waals surface area contributed by atoms with Gasteiger partial charge in [0.2, 0.25) is 0 Å². The highest BCUT2D eigenvalue weighted by Crippen LogP contribution is 2.50. The van der Waals surface area contributed by atoms with Gasteiger partial charge in [-0.1, -0.05) is 43.5 Å². The van der Waals surface area contributed by atoms with E-state index in [9.17, 15) is 4.79 Å². The molecule has 3 nitrogen and oxygen atoms in total. The second kappa shape index (κ2) is 5.57. The van der Waals surface area contributed by atoms with Crippen molar-refractivity contribution < 1.29 is 14.3 Å². The van der Waals surface area contributed by atoms with Crippen LogP contribution in [0.1, 0.15) is 49.3 Å². The van der Waals surface area contributed by atoms with E-state index in [1.807, 2.05) is 6.07 Å². The number of hydrogen-bond donors (Lipinski definition) is 0. The lowest BCUT2D eigenvalue weighted by Gasteiger charge is -2.43. The minimum absolute atomic E-state index is 0.0982. The van der Waals surface area contributed by atoms with Crippen molar-refractivity contribution in [2.75, 3.05) is 13.7 Å². The summed E-state index contributed by atoms with van der Waals surface area (Å²) in [6.07, 6.45) is 5.91. The fraction of sp³-hybridized carbons (Fsp3) is 0.588. The molecule has 3 heteroatoms. The van der Waals surface area contributed by atoms with Gasteiger partial charge >= 0.3 is 5.97 Å². The highest BCUT2D eigenvalue weighted by Gasteiger charge is 2.50. The Morgan fingerprint density at radius 2 is 2.00 bits per heavy atom. The van der Waals surface area contributed by atoms with Crippen LogP contribution in [0.5, 0.6) is 0 Å². The van der Waals surface area contributed by atoms with Crippen molar-refractivity contribution in [2.24, 2.45) is 5.41 Å². The van der Waals surface area contributed by atoms with E-state index in [4.69, 9.17) is 9.47 Å². The van der Waals surface area contributed by atoms with E-state index in [1.54, 1.807) is 0 Å². The van der Waals surface area contributed by atoms with Gasteiger partial charge in [0.05, 0.1) is 25.2 Å². The zero-order chi connectivity index (χ0) is 14.0. The molecule has 0 spiro atoms. The number of ether oxygens (including phenoxy) is 2. The van der Waals surface area contributed by atoms with Crippen molar-refractivity contribution >= 4 is 5.97 Å². The molecule has 1 saturated carbocycles. The van der Waals surface area contributed by atoms with Crippen LogP contribution < -0.4 is 0 Å². The van der Waals surface area contributed by atoms with Crippen LogP contribution >= 0.6 is 0 Å². The van der Waals surface area contributed by atoms with Gasteiger partial charge in [0.15, 0.2) is 0 Å². The van der Waals surface area contributed by atoms with Gasteiger partial charge in [-0.05, 0) is 30.4 Å². The number of esters is 1. The van der Waals surface area contributed by atoms with E-state index >= 15 is 0 Å². The van der Waals surface area contributed by atoms with Crippen LogP contribution in [0.2, 0.25) is 0 Å². The van der Waals surface area contributed by atoms with Gasteiger partial charge in [-0.15, -0.1) is 0 Å². The summed E-state index contributed by atoms with van der Waals surface area (Å²) in [4.78, 5) is 12.5. The van der Waals surface area contributed by atoms with Crippen molar-refractivity contribution in [3.63, 3.8) is 0 Å². The van der Waals surface area contributed by atoms with E-state index in [-0.39, 0.29) is 12.1 Å². The summed E-state index contributed by atoms with van der Waals surface area (Å²) in [7, 11) is 1.49. The molecule has 1 heterocycles. The van der Waals surface area contributed by atoms with Gasteiger partial charge in [0.25, 0.3) is 0 Å². The van der Waals surface area contributed by atoms with Gasteiger partial charge in [-0.3, -0.25) is 4.79 Å². The number of rotatable bonds is 2. The Morgan fingerprint density at radius 1 is 1.25 bits per heavy atom. The molecule has 0 N–H and O–H groups in total. The molecule has 108 valence electrons. The average Bonchev–Trinajstić information content (AvgIpc) is 2.54. The van der Waals surface area contributed by atoms with Gasteiger partial charge in [0.1, 0.15) is 0 Å². The molecular formula is C17H22O3. The number of hydrogen-bond acceptors (Lipinski definition) is 3. The number of benzene rings is 1. The molecule has 0 saturated heterocycles. The monoisotopic (exact) mass is 274 g/mol. The summed E-state index contributed by atoms with van der Waals surface area (Å²) in [5.41, 5.74) is 2.02. The summed E-state index contributed by atoms with van der Waals surface area (Å²) in [5.74, 6) is -0.0982. The molecule has 2 aliphatic rings. The minimum atomic E-state index is -0.483. The molecule has 0 radical (unpaired) electrons. The highest BCUT2D eigenvalue weighted by molar-refractivity contribution is 5.78. The van der Waals surface area contributed by atoms with Crippen LogP contribution in [0.4, 0.5) is 0 Å². The third-order valence-corrected chi connectivity index (χ3v) is 4.83. The molecule has 0 bridgehead atoms. The first-order valence-corrected chi connectivity index (χ1v) is 7.56. The Bertz CT molecular complexity index is 489. The molecule has 20 heavy (non-hydrogen) atoms. The number of methoxy groups -OCH3 is 1. The predicted octanol–water partition coefficient (Wildman–Crippen LogP) is 3.42. The van der Waals surface area contributed by atoms with Crippen LogP contribution in [0, 0.1) is 5.41 Å². The molecule has 0 aromatic heterocycles. The number of fused-ring (bicyclic) bond motifs is 1. The lowest BCUT2D eigenvalue weighted by Crippen LogP contribution is -2.43. The Morgan fingerprint density at radius 3 is 2.75 bits per heavy atom. The average molecular weight is 274 g/mol. The second-order valence-electron chi connectivity index (χ2n) is 5.91. The molecule has 1 aromatic carbocycles. The van der Waals surface area contributed by atoms with E-state index in [2.05, 4.69) is 18.2 Å². The van der Waals surface area contributed by atoms with Crippen LogP contribution in [0.25, 0.3) is 0 Å². The normalized spacial score (nSPS) is 24.8. The largest absolute Gasteiger partial charge is 0.469 e. The van der Waals surface area contributed by atoms with E-state index in [0.717, 1.165) is 32.1 Å².